The molecule has 0 radical (unpaired) electrons. The lowest BCUT2D eigenvalue weighted by Gasteiger charge is -2.34. The average Bonchev–Trinajstić information content (AvgIpc) is 3.27. The highest BCUT2D eigenvalue weighted by Crippen LogP contribution is 2.29. The molecule has 0 heterocycles. The summed E-state index contributed by atoms with van der Waals surface area (Å²) in [6.07, 6.45) is 5.03. The van der Waals surface area contributed by atoms with Crippen molar-refractivity contribution in [1.82, 2.24) is 0 Å². The van der Waals surface area contributed by atoms with Gasteiger partial charge in [0.1, 0.15) is 41.7 Å². The van der Waals surface area contributed by atoms with Crippen LogP contribution in [-0.4, -0.2) is 99.0 Å². The number of ether oxygens (including phenoxy) is 9. The fraction of sp³-hybridized carbons (Fsp3) is 0.367. The standard InChI is InChI=1S/C49H57NO15/c1-8-42(51)58-26-12-11-25-57-31-40(62-45(54)24-28-59-43(52)9-2)32-61-38-18-14-36(15-19-38)47(56)63-41-22-13-34(29-37(41)30-50)23-27-60-46(55)35-16-20-39(21-17-35)64-48(4,5)33-49(6,7)65-44(53)10-3/h8-10,13-22,29-30,40,50H,1-3,11-12,23-28,31-33H2,4-7H3. The van der Waals surface area contributed by atoms with E-state index in [0.29, 0.717) is 54.9 Å². The molecule has 16 nitrogen and oxygen atoms in total. The molecule has 3 rings (SSSR count). The Bertz CT molecular complexity index is 2120. The van der Waals surface area contributed by atoms with Crippen molar-refractivity contribution in [3.05, 3.63) is 127 Å². The molecule has 3 aromatic rings. The van der Waals surface area contributed by atoms with E-state index in [4.69, 9.17) is 48.0 Å². The SMILES string of the molecule is C=CC(=O)OCCCCOCC(COc1ccc(C(=O)Oc2ccc(CCOC(=O)c3ccc(OC(C)(C)CC(C)(C)OC(=O)C=C)cc3)cc2C=N)cc1)OC(=O)CCOC(=O)C=C. The van der Waals surface area contributed by atoms with Gasteiger partial charge in [-0.3, -0.25) is 4.79 Å². The van der Waals surface area contributed by atoms with Crippen LogP contribution in [0.3, 0.4) is 0 Å². The third kappa shape index (κ3) is 19.9. The van der Waals surface area contributed by atoms with Crippen molar-refractivity contribution >= 4 is 42.0 Å². The molecular weight excluding hydrogens is 843 g/mol. The van der Waals surface area contributed by atoms with Crippen LogP contribution in [0.1, 0.15) is 85.2 Å². The predicted octanol–water partition coefficient (Wildman–Crippen LogP) is 7.29. The maximum absolute atomic E-state index is 13.1. The first-order chi connectivity index (χ1) is 31.0. The van der Waals surface area contributed by atoms with Crippen molar-refractivity contribution < 1.29 is 71.4 Å². The molecule has 0 amide bonds. The van der Waals surface area contributed by atoms with Gasteiger partial charge in [0.15, 0.2) is 6.10 Å². The molecule has 0 aromatic heterocycles. The van der Waals surface area contributed by atoms with Gasteiger partial charge in [-0.15, -0.1) is 0 Å². The Balaban J connectivity index is 1.50. The zero-order chi connectivity index (χ0) is 47.8. The van der Waals surface area contributed by atoms with E-state index in [-0.39, 0.29) is 50.8 Å². The highest BCUT2D eigenvalue weighted by atomic mass is 16.6. The Morgan fingerprint density at radius 2 is 1.26 bits per heavy atom. The second kappa shape index (κ2) is 26.5. The lowest BCUT2D eigenvalue weighted by atomic mass is 9.92. The number of hydrogen-bond donors (Lipinski definition) is 1. The molecule has 0 fully saturated rings. The van der Waals surface area contributed by atoms with Crippen molar-refractivity contribution in [2.75, 3.05) is 39.6 Å². The molecule has 1 atom stereocenters. The second-order valence-corrected chi connectivity index (χ2v) is 15.5. The van der Waals surface area contributed by atoms with Gasteiger partial charge in [0.25, 0.3) is 0 Å². The summed E-state index contributed by atoms with van der Waals surface area (Å²) < 4.78 is 49.4. The molecule has 0 saturated heterocycles. The topological polar surface area (TPSA) is 209 Å². The summed E-state index contributed by atoms with van der Waals surface area (Å²) in [5.41, 5.74) is 0.0898. The minimum absolute atomic E-state index is 0.0150. The number of carbonyl (C=O) groups excluding carboxylic acids is 6. The molecule has 0 bridgehead atoms. The summed E-state index contributed by atoms with van der Waals surface area (Å²) in [5.74, 6) is -2.54. The average molecular weight is 900 g/mol. The van der Waals surface area contributed by atoms with Crippen LogP contribution in [0.5, 0.6) is 17.2 Å². The van der Waals surface area contributed by atoms with Gasteiger partial charge < -0.3 is 48.0 Å². The molecule has 0 aliphatic carbocycles. The summed E-state index contributed by atoms with van der Waals surface area (Å²) in [6.45, 7) is 17.6. The van der Waals surface area contributed by atoms with E-state index < -0.39 is 53.1 Å². The molecule has 1 N–H and O–H groups in total. The van der Waals surface area contributed by atoms with Crippen LogP contribution in [0.2, 0.25) is 0 Å². The Morgan fingerprint density at radius 3 is 1.89 bits per heavy atom. The number of esters is 6. The van der Waals surface area contributed by atoms with E-state index in [1.54, 1.807) is 56.3 Å². The molecule has 0 saturated carbocycles. The summed E-state index contributed by atoms with van der Waals surface area (Å²) >= 11 is 0. The molecule has 0 aliphatic heterocycles. The Morgan fingerprint density at radius 1 is 0.662 bits per heavy atom. The van der Waals surface area contributed by atoms with Crippen LogP contribution in [0, 0.1) is 5.41 Å². The largest absolute Gasteiger partial charge is 0.490 e. The van der Waals surface area contributed by atoms with E-state index in [1.807, 2.05) is 13.8 Å². The third-order valence-electron chi connectivity index (χ3n) is 8.87. The van der Waals surface area contributed by atoms with Crippen LogP contribution < -0.4 is 14.2 Å². The monoisotopic (exact) mass is 899 g/mol. The molecular formula is C49H57NO15. The number of rotatable bonds is 29. The number of unbranched alkanes of at least 4 members (excludes halogenated alkanes) is 1. The first-order valence-corrected chi connectivity index (χ1v) is 20.7. The van der Waals surface area contributed by atoms with Crippen molar-refractivity contribution in [3.8, 4) is 17.2 Å². The van der Waals surface area contributed by atoms with E-state index in [0.717, 1.165) is 30.0 Å². The van der Waals surface area contributed by atoms with Gasteiger partial charge in [0.2, 0.25) is 0 Å². The summed E-state index contributed by atoms with van der Waals surface area (Å²) in [4.78, 5) is 72.5. The Labute approximate surface area is 378 Å². The van der Waals surface area contributed by atoms with Crippen LogP contribution in [0.25, 0.3) is 0 Å². The highest BCUT2D eigenvalue weighted by Gasteiger charge is 2.33. The lowest BCUT2D eigenvalue weighted by Crippen LogP contribution is -2.40. The van der Waals surface area contributed by atoms with Crippen molar-refractivity contribution in [3.63, 3.8) is 0 Å². The summed E-state index contributed by atoms with van der Waals surface area (Å²) in [5, 5.41) is 7.91. The van der Waals surface area contributed by atoms with Gasteiger partial charge in [-0.25, -0.2) is 24.0 Å². The number of nitrogens with one attached hydrogen (secondary N) is 1. The minimum Gasteiger partial charge on any atom is -0.490 e. The quantitative estimate of drug-likeness (QED) is 0.0181. The van der Waals surface area contributed by atoms with Crippen LogP contribution in [-0.2, 0) is 54.0 Å². The number of hydrogen-bond acceptors (Lipinski definition) is 16. The smallest absolute Gasteiger partial charge is 0.343 e. The molecule has 16 heteroatoms. The molecule has 3 aromatic carbocycles. The van der Waals surface area contributed by atoms with Crippen molar-refractivity contribution in [1.29, 1.82) is 5.41 Å². The molecule has 65 heavy (non-hydrogen) atoms. The second-order valence-electron chi connectivity index (χ2n) is 15.5. The van der Waals surface area contributed by atoms with Gasteiger partial charge in [-0.1, -0.05) is 25.8 Å². The van der Waals surface area contributed by atoms with Gasteiger partial charge >= 0.3 is 35.8 Å². The Hall–Kier alpha value is -7.07. The lowest BCUT2D eigenvalue weighted by molar-refractivity contribution is -0.156. The fourth-order valence-electron chi connectivity index (χ4n) is 6.14. The van der Waals surface area contributed by atoms with Crippen molar-refractivity contribution in [2.24, 2.45) is 0 Å². The van der Waals surface area contributed by atoms with E-state index in [2.05, 4.69) is 19.7 Å². The third-order valence-corrected chi connectivity index (χ3v) is 8.87. The Kier molecular flexibility index (Phi) is 21.3. The molecule has 0 aliphatic rings. The minimum atomic E-state index is -0.837. The van der Waals surface area contributed by atoms with Gasteiger partial charge in [-0.2, -0.15) is 0 Å². The predicted molar refractivity (Wildman–Crippen MR) is 238 cm³/mol. The van der Waals surface area contributed by atoms with Crippen LogP contribution in [0.15, 0.2) is 105 Å². The van der Waals surface area contributed by atoms with Crippen LogP contribution in [0.4, 0.5) is 0 Å². The maximum Gasteiger partial charge on any atom is 0.343 e. The molecule has 0 spiro atoms. The first kappa shape index (κ1) is 52.3. The van der Waals surface area contributed by atoms with E-state index in [9.17, 15) is 28.8 Å². The van der Waals surface area contributed by atoms with Crippen molar-refractivity contribution in [2.45, 2.75) is 77.1 Å². The highest BCUT2D eigenvalue weighted by molar-refractivity contribution is 5.93. The molecule has 1 unspecified atom stereocenters. The van der Waals surface area contributed by atoms with Gasteiger partial charge in [0.05, 0.1) is 37.4 Å². The van der Waals surface area contributed by atoms with Gasteiger partial charge in [0, 0.05) is 49.5 Å². The van der Waals surface area contributed by atoms with E-state index in [1.165, 1.54) is 24.3 Å². The zero-order valence-electron chi connectivity index (χ0n) is 37.3. The zero-order valence-corrected chi connectivity index (χ0v) is 37.3. The van der Waals surface area contributed by atoms with E-state index >= 15 is 0 Å². The summed E-state index contributed by atoms with van der Waals surface area (Å²) in [7, 11) is 0. The van der Waals surface area contributed by atoms with Crippen LogP contribution >= 0.6 is 0 Å². The first-order valence-electron chi connectivity index (χ1n) is 20.7. The number of benzene rings is 3. The number of carbonyl (C=O) groups is 6. The maximum atomic E-state index is 13.1. The van der Waals surface area contributed by atoms with Gasteiger partial charge in [-0.05, 0) is 107 Å². The summed E-state index contributed by atoms with van der Waals surface area (Å²) in [6, 6.07) is 17.5. The normalized spacial score (nSPS) is 11.4. The molecule has 348 valence electrons. The fourth-order valence-corrected chi connectivity index (χ4v) is 6.14.